The van der Waals surface area contributed by atoms with Crippen molar-refractivity contribution in [3.05, 3.63) is 52.4 Å². The van der Waals surface area contributed by atoms with Gasteiger partial charge < -0.3 is 4.42 Å². The quantitative estimate of drug-likeness (QED) is 0.797. The van der Waals surface area contributed by atoms with Crippen LogP contribution in [-0.4, -0.2) is 16.1 Å². The fourth-order valence-corrected chi connectivity index (χ4v) is 2.71. The fraction of sp³-hybridized carbons (Fsp3) is 0.0714. The summed E-state index contributed by atoms with van der Waals surface area (Å²) in [6.45, 7) is 0. The average Bonchev–Trinajstić information content (AvgIpc) is 3.09. The number of nitrogens with zero attached hydrogens (tertiary/aromatic N) is 2. The molecule has 0 bridgehead atoms. The highest BCUT2D eigenvalue weighted by atomic mass is 35.5. The summed E-state index contributed by atoms with van der Waals surface area (Å²) in [5.41, 5.74) is 0.916. The van der Waals surface area contributed by atoms with Crippen LogP contribution in [0.5, 0.6) is 0 Å². The van der Waals surface area contributed by atoms with Crippen molar-refractivity contribution in [3.63, 3.8) is 0 Å². The normalized spacial score (nSPS) is 10.5. The Labute approximate surface area is 129 Å². The second-order valence-electron chi connectivity index (χ2n) is 4.23. The lowest BCUT2D eigenvalue weighted by Gasteiger charge is -2.00. The Morgan fingerprint density at radius 2 is 2.00 bits per heavy atom. The van der Waals surface area contributed by atoms with Crippen molar-refractivity contribution < 1.29 is 9.21 Å². The van der Waals surface area contributed by atoms with Crippen LogP contribution in [0.1, 0.15) is 5.56 Å². The number of hydrogen-bond acceptors (Lipinski definition) is 5. The number of halogens is 1. The summed E-state index contributed by atoms with van der Waals surface area (Å²) >= 11 is 7.18. The van der Waals surface area contributed by atoms with Crippen LogP contribution in [0, 0.1) is 0 Å². The van der Waals surface area contributed by atoms with Crippen LogP contribution >= 0.6 is 22.9 Å². The van der Waals surface area contributed by atoms with Gasteiger partial charge >= 0.3 is 6.01 Å². The highest BCUT2D eigenvalue weighted by Crippen LogP contribution is 2.30. The van der Waals surface area contributed by atoms with Gasteiger partial charge in [0.05, 0.1) is 15.6 Å². The van der Waals surface area contributed by atoms with E-state index in [9.17, 15) is 4.79 Å². The van der Waals surface area contributed by atoms with Gasteiger partial charge in [0, 0.05) is 0 Å². The number of thiophene rings is 1. The largest absolute Gasteiger partial charge is 0.402 e. The molecule has 0 aliphatic carbocycles. The summed E-state index contributed by atoms with van der Waals surface area (Å²) in [5, 5.41) is 10.3. The minimum absolute atomic E-state index is 0.0791. The van der Waals surface area contributed by atoms with Gasteiger partial charge in [-0.2, -0.15) is 0 Å². The Hall–Kier alpha value is -2.18. The van der Waals surface area contributed by atoms with Crippen LogP contribution in [0.3, 0.4) is 0 Å². The fourth-order valence-electron chi connectivity index (χ4n) is 1.75. The first-order valence-corrected chi connectivity index (χ1v) is 7.33. The topological polar surface area (TPSA) is 68.0 Å². The molecule has 0 saturated heterocycles. The maximum atomic E-state index is 11.9. The number of anilines is 1. The van der Waals surface area contributed by atoms with Crippen molar-refractivity contribution in [1.82, 2.24) is 10.2 Å². The van der Waals surface area contributed by atoms with E-state index in [4.69, 9.17) is 16.0 Å². The molecule has 3 rings (SSSR count). The van der Waals surface area contributed by atoms with Gasteiger partial charge in [0.15, 0.2) is 0 Å². The van der Waals surface area contributed by atoms with Crippen LogP contribution in [0.15, 0.2) is 46.9 Å². The molecule has 3 aromatic rings. The zero-order chi connectivity index (χ0) is 14.7. The predicted octanol–water partition coefficient (Wildman–Crippen LogP) is 3.63. The standard InChI is InChI=1S/C14H10ClN3O2S/c15-11-7-6-10(21-11)13-17-18-14(20-13)16-12(19)8-9-4-2-1-3-5-9/h1-7H,8H2,(H,16,18,19). The Kier molecular flexibility index (Phi) is 3.98. The van der Waals surface area contributed by atoms with E-state index in [1.54, 1.807) is 12.1 Å². The lowest BCUT2D eigenvalue weighted by molar-refractivity contribution is -0.115. The average molecular weight is 320 g/mol. The van der Waals surface area contributed by atoms with Gasteiger partial charge in [0.2, 0.25) is 5.91 Å². The molecule has 2 aromatic heterocycles. The predicted molar refractivity (Wildman–Crippen MR) is 81.4 cm³/mol. The monoisotopic (exact) mass is 319 g/mol. The molecule has 21 heavy (non-hydrogen) atoms. The molecule has 0 saturated carbocycles. The Morgan fingerprint density at radius 1 is 1.19 bits per heavy atom. The molecule has 0 atom stereocenters. The molecule has 5 nitrogen and oxygen atoms in total. The van der Waals surface area contributed by atoms with E-state index in [1.807, 2.05) is 30.3 Å². The number of carbonyl (C=O) groups excluding carboxylic acids is 1. The highest BCUT2D eigenvalue weighted by Gasteiger charge is 2.13. The van der Waals surface area contributed by atoms with Crippen molar-refractivity contribution in [3.8, 4) is 10.8 Å². The summed E-state index contributed by atoms with van der Waals surface area (Å²) in [5.74, 6) is 0.127. The second kappa shape index (κ2) is 6.07. The number of amides is 1. The first-order chi connectivity index (χ1) is 10.2. The first-order valence-electron chi connectivity index (χ1n) is 6.14. The third kappa shape index (κ3) is 3.48. The molecule has 0 unspecified atom stereocenters. The summed E-state index contributed by atoms with van der Waals surface area (Å²) in [7, 11) is 0. The van der Waals surface area contributed by atoms with Crippen LogP contribution < -0.4 is 5.32 Å². The Bertz CT molecular complexity index is 754. The van der Waals surface area contributed by atoms with Crippen molar-refractivity contribution in [1.29, 1.82) is 0 Å². The SMILES string of the molecule is O=C(Cc1ccccc1)Nc1nnc(-c2ccc(Cl)s2)o1. The molecule has 2 heterocycles. The van der Waals surface area contributed by atoms with Gasteiger partial charge in [-0.25, -0.2) is 0 Å². The molecule has 106 valence electrons. The number of carbonyl (C=O) groups is 1. The van der Waals surface area contributed by atoms with Gasteiger partial charge in [0.1, 0.15) is 0 Å². The maximum absolute atomic E-state index is 11.9. The summed E-state index contributed by atoms with van der Waals surface area (Å²) in [6.07, 6.45) is 0.253. The molecular weight excluding hydrogens is 310 g/mol. The van der Waals surface area contributed by atoms with Crippen molar-refractivity contribution >= 4 is 34.9 Å². The molecule has 0 radical (unpaired) electrons. The highest BCUT2D eigenvalue weighted by molar-refractivity contribution is 7.19. The molecule has 0 fully saturated rings. The first kappa shape index (κ1) is 13.8. The van der Waals surface area contributed by atoms with Gasteiger partial charge in [-0.15, -0.1) is 16.4 Å². The van der Waals surface area contributed by atoms with E-state index in [1.165, 1.54) is 11.3 Å². The summed E-state index contributed by atoms with van der Waals surface area (Å²) in [6, 6.07) is 13.0. The number of aromatic nitrogens is 2. The van der Waals surface area contributed by atoms with Gasteiger partial charge in [0.25, 0.3) is 5.89 Å². The van der Waals surface area contributed by atoms with Gasteiger partial charge in [-0.3, -0.25) is 10.1 Å². The second-order valence-corrected chi connectivity index (χ2v) is 5.94. The molecule has 0 aliphatic rings. The lowest BCUT2D eigenvalue weighted by atomic mass is 10.1. The number of benzene rings is 1. The smallest absolute Gasteiger partial charge is 0.322 e. The zero-order valence-corrected chi connectivity index (χ0v) is 12.3. The molecule has 0 spiro atoms. The van der Waals surface area contributed by atoms with E-state index < -0.39 is 0 Å². The van der Waals surface area contributed by atoms with E-state index in [-0.39, 0.29) is 18.3 Å². The zero-order valence-electron chi connectivity index (χ0n) is 10.7. The third-order valence-electron chi connectivity index (χ3n) is 2.66. The molecule has 7 heteroatoms. The van der Waals surface area contributed by atoms with Crippen molar-refractivity contribution in [2.24, 2.45) is 0 Å². The van der Waals surface area contributed by atoms with Crippen molar-refractivity contribution in [2.45, 2.75) is 6.42 Å². The van der Waals surface area contributed by atoms with Gasteiger partial charge in [-0.05, 0) is 17.7 Å². The summed E-state index contributed by atoms with van der Waals surface area (Å²) in [4.78, 5) is 12.6. The minimum atomic E-state index is -0.208. The van der Waals surface area contributed by atoms with E-state index in [2.05, 4.69) is 15.5 Å². The molecule has 1 N–H and O–H groups in total. The lowest BCUT2D eigenvalue weighted by Crippen LogP contribution is -2.14. The number of hydrogen-bond donors (Lipinski definition) is 1. The van der Waals surface area contributed by atoms with Crippen LogP contribution in [0.2, 0.25) is 4.34 Å². The van der Waals surface area contributed by atoms with Gasteiger partial charge in [-0.1, -0.05) is 47.0 Å². The van der Waals surface area contributed by atoms with Crippen LogP contribution in [-0.2, 0) is 11.2 Å². The van der Waals surface area contributed by atoms with E-state index in [0.717, 1.165) is 10.4 Å². The van der Waals surface area contributed by atoms with Crippen LogP contribution in [0.25, 0.3) is 10.8 Å². The maximum Gasteiger partial charge on any atom is 0.322 e. The van der Waals surface area contributed by atoms with E-state index >= 15 is 0 Å². The molecule has 1 amide bonds. The molecule has 0 aliphatic heterocycles. The van der Waals surface area contributed by atoms with Crippen LogP contribution in [0.4, 0.5) is 6.01 Å². The minimum Gasteiger partial charge on any atom is -0.402 e. The molecule has 1 aromatic carbocycles. The molecular formula is C14H10ClN3O2S. The Balaban J connectivity index is 1.66. The Morgan fingerprint density at radius 3 is 2.71 bits per heavy atom. The van der Waals surface area contributed by atoms with E-state index in [0.29, 0.717) is 10.2 Å². The number of nitrogens with one attached hydrogen (secondary N) is 1. The number of rotatable bonds is 4. The third-order valence-corrected chi connectivity index (χ3v) is 3.88. The summed E-state index contributed by atoms with van der Waals surface area (Å²) < 4.78 is 6.03. The van der Waals surface area contributed by atoms with Crippen molar-refractivity contribution in [2.75, 3.05) is 5.32 Å².